The Balaban J connectivity index is 1.75. The Morgan fingerprint density at radius 3 is 2.45 bits per heavy atom. The molecule has 1 amide bonds. The molecule has 2 rings (SSSR count). The van der Waals surface area contributed by atoms with Gasteiger partial charge in [-0.15, -0.1) is 0 Å². The predicted octanol–water partition coefficient (Wildman–Crippen LogP) is 2.71. The van der Waals surface area contributed by atoms with Gasteiger partial charge in [0, 0.05) is 39.2 Å². The maximum Gasteiger partial charge on any atom is 0.306 e. The maximum atomic E-state index is 11.9. The van der Waals surface area contributed by atoms with E-state index in [0.717, 1.165) is 37.8 Å². The third-order valence-electron chi connectivity index (χ3n) is 4.82. The molecule has 0 saturated heterocycles. The first-order chi connectivity index (χ1) is 14.0. The van der Waals surface area contributed by atoms with Crippen LogP contribution in [0.3, 0.4) is 0 Å². The maximum absolute atomic E-state index is 11.9. The van der Waals surface area contributed by atoms with Gasteiger partial charge in [0.2, 0.25) is 0 Å². The molecule has 29 heavy (non-hydrogen) atoms. The van der Waals surface area contributed by atoms with Crippen LogP contribution in [0, 0.1) is 0 Å². The number of nitrogens with zero attached hydrogens (tertiary/aromatic N) is 2. The van der Waals surface area contributed by atoms with Crippen LogP contribution in [0.15, 0.2) is 29.3 Å². The summed E-state index contributed by atoms with van der Waals surface area (Å²) >= 11 is 0. The van der Waals surface area contributed by atoms with Gasteiger partial charge < -0.3 is 20.3 Å². The van der Waals surface area contributed by atoms with Crippen molar-refractivity contribution in [1.82, 2.24) is 15.5 Å². The van der Waals surface area contributed by atoms with E-state index in [-0.39, 0.29) is 18.0 Å². The molecule has 7 heteroatoms. The zero-order chi connectivity index (χ0) is 21.1. The third-order valence-corrected chi connectivity index (χ3v) is 4.82. The van der Waals surface area contributed by atoms with Gasteiger partial charge in [0.25, 0.3) is 5.91 Å². The number of esters is 1. The standard InChI is InChI=1S/C22H34N4O3/c1-4-23-22(24-15-7-10-20(27)29-19-8-5-6-9-19)25-16-17-11-13-18(14-12-17)21(28)26(2)3/h11-14,19H,4-10,15-16H2,1-3H3,(H2,23,24,25). The monoisotopic (exact) mass is 402 g/mol. The number of carbonyl (C=O) groups is 2. The highest BCUT2D eigenvalue weighted by molar-refractivity contribution is 5.93. The number of nitrogens with one attached hydrogen (secondary N) is 2. The molecule has 0 radical (unpaired) electrons. The van der Waals surface area contributed by atoms with E-state index in [4.69, 9.17) is 4.74 Å². The molecule has 1 aromatic carbocycles. The van der Waals surface area contributed by atoms with Crippen LogP contribution in [-0.2, 0) is 16.1 Å². The Morgan fingerprint density at radius 2 is 1.83 bits per heavy atom. The van der Waals surface area contributed by atoms with Crippen LogP contribution in [0.4, 0.5) is 0 Å². The number of benzene rings is 1. The van der Waals surface area contributed by atoms with Crippen molar-refractivity contribution >= 4 is 17.8 Å². The van der Waals surface area contributed by atoms with Gasteiger partial charge in [0.15, 0.2) is 5.96 Å². The van der Waals surface area contributed by atoms with Crippen molar-refractivity contribution in [2.45, 2.75) is 58.1 Å². The number of aliphatic imine (C=N–C) groups is 1. The fourth-order valence-corrected chi connectivity index (χ4v) is 3.21. The highest BCUT2D eigenvalue weighted by atomic mass is 16.5. The van der Waals surface area contributed by atoms with Crippen molar-refractivity contribution < 1.29 is 14.3 Å². The second-order valence-electron chi connectivity index (χ2n) is 7.52. The number of rotatable bonds is 9. The molecular formula is C22H34N4O3. The van der Waals surface area contributed by atoms with Crippen molar-refractivity contribution in [2.75, 3.05) is 27.2 Å². The summed E-state index contributed by atoms with van der Waals surface area (Å²) in [4.78, 5) is 30.0. The van der Waals surface area contributed by atoms with Gasteiger partial charge in [-0.2, -0.15) is 0 Å². The molecule has 0 heterocycles. The Kier molecular flexibility index (Phi) is 9.47. The average Bonchev–Trinajstić information content (AvgIpc) is 3.22. The first-order valence-corrected chi connectivity index (χ1v) is 10.5. The molecule has 0 unspecified atom stereocenters. The molecule has 0 aliphatic heterocycles. The number of hydrogen-bond donors (Lipinski definition) is 2. The minimum atomic E-state index is -0.104. The number of ether oxygens (including phenoxy) is 1. The number of carbonyl (C=O) groups excluding carboxylic acids is 2. The summed E-state index contributed by atoms with van der Waals surface area (Å²) in [5.74, 6) is 0.597. The molecular weight excluding hydrogens is 368 g/mol. The molecule has 1 aromatic rings. The summed E-state index contributed by atoms with van der Waals surface area (Å²) in [5.41, 5.74) is 1.69. The lowest BCUT2D eigenvalue weighted by Crippen LogP contribution is -2.37. The molecule has 7 nitrogen and oxygen atoms in total. The molecule has 0 bridgehead atoms. The van der Waals surface area contributed by atoms with Gasteiger partial charge in [-0.25, -0.2) is 4.99 Å². The van der Waals surface area contributed by atoms with Crippen LogP contribution in [0.2, 0.25) is 0 Å². The van der Waals surface area contributed by atoms with E-state index >= 15 is 0 Å². The van der Waals surface area contributed by atoms with E-state index in [2.05, 4.69) is 15.6 Å². The second-order valence-corrected chi connectivity index (χ2v) is 7.52. The second kappa shape index (κ2) is 12.1. The zero-order valence-corrected chi connectivity index (χ0v) is 17.9. The predicted molar refractivity (Wildman–Crippen MR) is 115 cm³/mol. The minimum absolute atomic E-state index is 0.0125. The normalized spacial score (nSPS) is 14.5. The van der Waals surface area contributed by atoms with E-state index < -0.39 is 0 Å². The van der Waals surface area contributed by atoms with Crippen molar-refractivity contribution in [3.8, 4) is 0 Å². The summed E-state index contributed by atoms with van der Waals surface area (Å²) in [6, 6.07) is 7.48. The van der Waals surface area contributed by atoms with E-state index in [1.165, 1.54) is 0 Å². The molecule has 2 N–H and O–H groups in total. The molecule has 160 valence electrons. The van der Waals surface area contributed by atoms with Crippen molar-refractivity contribution in [2.24, 2.45) is 4.99 Å². The van der Waals surface area contributed by atoms with Crippen LogP contribution in [0.1, 0.15) is 61.4 Å². The van der Waals surface area contributed by atoms with Crippen LogP contribution in [-0.4, -0.2) is 56.0 Å². The summed E-state index contributed by atoms with van der Waals surface area (Å²) in [7, 11) is 3.48. The van der Waals surface area contributed by atoms with Crippen molar-refractivity contribution in [3.05, 3.63) is 35.4 Å². The smallest absolute Gasteiger partial charge is 0.306 e. The fourth-order valence-electron chi connectivity index (χ4n) is 3.21. The Labute approximate surface area is 173 Å². The lowest BCUT2D eigenvalue weighted by Gasteiger charge is -2.13. The molecule has 1 aliphatic carbocycles. The topological polar surface area (TPSA) is 83.0 Å². The third kappa shape index (κ3) is 8.13. The summed E-state index contributed by atoms with van der Waals surface area (Å²) < 4.78 is 5.47. The first-order valence-electron chi connectivity index (χ1n) is 10.5. The Morgan fingerprint density at radius 1 is 1.14 bits per heavy atom. The van der Waals surface area contributed by atoms with E-state index in [9.17, 15) is 9.59 Å². The van der Waals surface area contributed by atoms with E-state index in [1.54, 1.807) is 19.0 Å². The van der Waals surface area contributed by atoms with Crippen LogP contribution in [0.25, 0.3) is 0 Å². The Bertz CT molecular complexity index is 680. The van der Waals surface area contributed by atoms with Gasteiger partial charge >= 0.3 is 5.97 Å². The average molecular weight is 403 g/mol. The van der Waals surface area contributed by atoms with E-state index in [0.29, 0.717) is 37.5 Å². The fraction of sp³-hybridized carbons (Fsp3) is 0.591. The van der Waals surface area contributed by atoms with Gasteiger partial charge in [0.1, 0.15) is 6.10 Å². The first kappa shape index (κ1) is 22.7. The van der Waals surface area contributed by atoms with Crippen molar-refractivity contribution in [3.63, 3.8) is 0 Å². The van der Waals surface area contributed by atoms with Crippen LogP contribution in [0.5, 0.6) is 0 Å². The molecule has 1 fully saturated rings. The Hall–Kier alpha value is -2.57. The molecule has 0 aromatic heterocycles. The highest BCUT2D eigenvalue weighted by Gasteiger charge is 2.18. The van der Waals surface area contributed by atoms with Gasteiger partial charge in [-0.3, -0.25) is 9.59 Å². The summed E-state index contributed by atoms with van der Waals surface area (Å²) in [6.07, 6.45) is 5.60. The van der Waals surface area contributed by atoms with Gasteiger partial charge in [0.05, 0.1) is 6.54 Å². The highest BCUT2D eigenvalue weighted by Crippen LogP contribution is 2.21. The quantitative estimate of drug-likeness (QED) is 0.287. The van der Waals surface area contributed by atoms with Crippen LogP contribution < -0.4 is 10.6 Å². The lowest BCUT2D eigenvalue weighted by molar-refractivity contribution is -0.148. The molecule has 1 aliphatic rings. The number of amides is 1. The van der Waals surface area contributed by atoms with Gasteiger partial charge in [-0.1, -0.05) is 12.1 Å². The number of guanidine groups is 1. The molecule has 0 atom stereocenters. The lowest BCUT2D eigenvalue weighted by atomic mass is 10.1. The minimum Gasteiger partial charge on any atom is -0.462 e. The SMILES string of the molecule is CCNC(=NCc1ccc(C(=O)N(C)C)cc1)NCCCC(=O)OC1CCCC1. The largest absolute Gasteiger partial charge is 0.462 e. The zero-order valence-electron chi connectivity index (χ0n) is 17.9. The van der Waals surface area contributed by atoms with Gasteiger partial charge in [-0.05, 0) is 56.7 Å². The molecule has 1 saturated carbocycles. The molecule has 0 spiro atoms. The summed E-state index contributed by atoms with van der Waals surface area (Å²) in [5, 5.41) is 6.46. The number of hydrogen-bond acceptors (Lipinski definition) is 4. The van der Waals surface area contributed by atoms with Crippen molar-refractivity contribution in [1.29, 1.82) is 0 Å². The summed E-state index contributed by atoms with van der Waals surface area (Å²) in [6.45, 7) is 3.93. The van der Waals surface area contributed by atoms with Crippen LogP contribution >= 0.6 is 0 Å². The van der Waals surface area contributed by atoms with E-state index in [1.807, 2.05) is 31.2 Å².